The molecule has 3 heteroatoms. The summed E-state index contributed by atoms with van der Waals surface area (Å²) in [4.78, 5) is 18.6. The smallest absolute Gasteiger partial charge is 0.240 e. The van der Waals surface area contributed by atoms with Crippen molar-refractivity contribution in [2.24, 2.45) is 4.99 Å². The Morgan fingerprint density at radius 2 is 1.89 bits per heavy atom. The number of aliphatic imine (C=N–C) groups is 1. The van der Waals surface area contributed by atoms with Crippen LogP contribution in [0.25, 0.3) is 11.1 Å². The molecule has 0 saturated carbocycles. The second kappa shape index (κ2) is 5.39. The summed E-state index contributed by atoms with van der Waals surface area (Å²) >= 11 is 0. The minimum atomic E-state index is 0.224. The molecule has 1 aromatic heterocycles. The molecule has 0 saturated heterocycles. The van der Waals surface area contributed by atoms with E-state index in [1.165, 1.54) is 0 Å². The number of hydrogen-bond acceptors (Lipinski definition) is 3. The van der Waals surface area contributed by atoms with Gasteiger partial charge in [0.15, 0.2) is 0 Å². The maximum absolute atomic E-state index is 10.5. The Labute approximate surface area is 106 Å². The predicted molar refractivity (Wildman–Crippen MR) is 71.5 cm³/mol. The van der Waals surface area contributed by atoms with Gasteiger partial charge in [0.05, 0.1) is 11.4 Å². The Bertz CT molecular complexity index is 585. The molecule has 0 aliphatic rings. The molecule has 90 valence electrons. The summed E-state index contributed by atoms with van der Waals surface area (Å²) < 4.78 is 0. The first-order chi connectivity index (χ1) is 8.72. The average molecular weight is 238 g/mol. The zero-order chi connectivity index (χ0) is 13.0. The first-order valence-electron chi connectivity index (χ1n) is 5.85. The molecule has 2 rings (SSSR count). The fourth-order valence-corrected chi connectivity index (χ4v) is 1.84. The number of carbonyl (C=O) groups excluding carboxylic acids is 1. The third kappa shape index (κ3) is 2.53. The maximum atomic E-state index is 10.5. The van der Waals surface area contributed by atoms with E-state index in [-0.39, 0.29) is 5.92 Å². The Balaban J connectivity index is 2.53. The van der Waals surface area contributed by atoms with E-state index in [2.05, 4.69) is 9.98 Å². The number of hydrogen-bond donors (Lipinski definition) is 0. The summed E-state index contributed by atoms with van der Waals surface area (Å²) in [7, 11) is 0. The number of rotatable bonds is 3. The summed E-state index contributed by atoms with van der Waals surface area (Å²) in [6.07, 6.45) is 3.41. The van der Waals surface area contributed by atoms with Gasteiger partial charge in [0.25, 0.3) is 0 Å². The van der Waals surface area contributed by atoms with Crippen molar-refractivity contribution in [2.45, 2.75) is 19.8 Å². The van der Waals surface area contributed by atoms with Crippen LogP contribution in [0, 0.1) is 0 Å². The largest absolute Gasteiger partial charge is 0.258 e. The lowest BCUT2D eigenvalue weighted by Crippen LogP contribution is -1.93. The fourth-order valence-electron chi connectivity index (χ4n) is 1.84. The Hall–Kier alpha value is -2.25. The van der Waals surface area contributed by atoms with Gasteiger partial charge in [0.2, 0.25) is 6.08 Å². The molecule has 1 aromatic carbocycles. The van der Waals surface area contributed by atoms with Crippen LogP contribution in [0.2, 0.25) is 0 Å². The summed E-state index contributed by atoms with van der Waals surface area (Å²) in [5.41, 5.74) is 3.43. The number of benzene rings is 1. The quantitative estimate of drug-likeness (QED) is 0.602. The van der Waals surface area contributed by atoms with Crippen molar-refractivity contribution in [3.05, 3.63) is 48.3 Å². The van der Waals surface area contributed by atoms with E-state index in [0.717, 1.165) is 16.8 Å². The van der Waals surface area contributed by atoms with Crippen LogP contribution in [0.4, 0.5) is 5.69 Å². The van der Waals surface area contributed by atoms with Crippen molar-refractivity contribution in [3.63, 3.8) is 0 Å². The van der Waals surface area contributed by atoms with E-state index in [9.17, 15) is 4.79 Å². The van der Waals surface area contributed by atoms with Crippen LogP contribution in [-0.2, 0) is 4.79 Å². The van der Waals surface area contributed by atoms with Gasteiger partial charge in [-0.3, -0.25) is 4.98 Å². The van der Waals surface area contributed by atoms with Crippen molar-refractivity contribution < 1.29 is 4.79 Å². The van der Waals surface area contributed by atoms with Crippen LogP contribution < -0.4 is 0 Å². The van der Waals surface area contributed by atoms with Gasteiger partial charge in [-0.05, 0) is 17.5 Å². The molecule has 0 fully saturated rings. The second-order valence-electron chi connectivity index (χ2n) is 4.35. The van der Waals surface area contributed by atoms with Gasteiger partial charge in [0, 0.05) is 11.8 Å². The van der Waals surface area contributed by atoms with E-state index < -0.39 is 0 Å². The van der Waals surface area contributed by atoms with E-state index >= 15 is 0 Å². The third-order valence-corrected chi connectivity index (χ3v) is 2.72. The topological polar surface area (TPSA) is 42.3 Å². The van der Waals surface area contributed by atoms with Gasteiger partial charge in [-0.15, -0.1) is 0 Å². The highest BCUT2D eigenvalue weighted by Crippen LogP contribution is 2.29. The molecule has 0 N–H and O–H groups in total. The van der Waals surface area contributed by atoms with Crippen LogP contribution in [-0.4, -0.2) is 11.1 Å². The normalized spacial score (nSPS) is 10.2. The highest BCUT2D eigenvalue weighted by Gasteiger charge is 2.09. The fraction of sp³-hybridized carbons (Fsp3) is 0.200. The number of pyridine rings is 1. The van der Waals surface area contributed by atoms with Gasteiger partial charge in [0.1, 0.15) is 0 Å². The molecule has 18 heavy (non-hydrogen) atoms. The van der Waals surface area contributed by atoms with Gasteiger partial charge < -0.3 is 0 Å². The molecule has 0 unspecified atom stereocenters. The van der Waals surface area contributed by atoms with Gasteiger partial charge >= 0.3 is 0 Å². The van der Waals surface area contributed by atoms with E-state index in [4.69, 9.17) is 0 Å². The molecular formula is C15H14N2O. The molecule has 0 aliphatic carbocycles. The number of aromatic nitrogens is 1. The molecule has 2 aromatic rings. The lowest BCUT2D eigenvalue weighted by atomic mass is 10.0. The molecular weight excluding hydrogens is 224 g/mol. The van der Waals surface area contributed by atoms with Gasteiger partial charge in [-0.25, -0.2) is 4.79 Å². The first kappa shape index (κ1) is 12.2. The number of isocyanates is 1. The molecule has 0 spiro atoms. The zero-order valence-electron chi connectivity index (χ0n) is 10.4. The lowest BCUT2D eigenvalue weighted by Gasteiger charge is -2.09. The molecule has 0 amide bonds. The van der Waals surface area contributed by atoms with Gasteiger partial charge in [-0.1, -0.05) is 44.2 Å². The lowest BCUT2D eigenvalue weighted by molar-refractivity contribution is 0.565. The number of nitrogens with zero attached hydrogens (tertiary/aromatic N) is 2. The highest BCUT2D eigenvalue weighted by atomic mass is 16.1. The zero-order valence-corrected chi connectivity index (χ0v) is 10.4. The van der Waals surface area contributed by atoms with Crippen LogP contribution in [0.1, 0.15) is 25.5 Å². The molecule has 0 aliphatic heterocycles. The van der Waals surface area contributed by atoms with Crippen LogP contribution in [0.15, 0.2) is 47.6 Å². The van der Waals surface area contributed by atoms with E-state index in [1.54, 1.807) is 6.08 Å². The molecule has 3 nitrogen and oxygen atoms in total. The minimum Gasteiger partial charge on any atom is -0.258 e. The summed E-state index contributed by atoms with van der Waals surface area (Å²) in [6.45, 7) is 4.04. The highest BCUT2D eigenvalue weighted by molar-refractivity contribution is 5.68. The molecule has 0 radical (unpaired) electrons. The molecule has 0 atom stereocenters. The summed E-state index contributed by atoms with van der Waals surface area (Å²) in [5, 5.41) is 0. The van der Waals surface area contributed by atoms with Crippen molar-refractivity contribution in [1.82, 2.24) is 4.98 Å². The Kier molecular flexibility index (Phi) is 3.66. The Morgan fingerprint density at radius 3 is 2.50 bits per heavy atom. The monoisotopic (exact) mass is 238 g/mol. The first-order valence-corrected chi connectivity index (χ1v) is 5.85. The third-order valence-electron chi connectivity index (χ3n) is 2.72. The van der Waals surface area contributed by atoms with E-state index in [0.29, 0.717) is 5.69 Å². The van der Waals surface area contributed by atoms with Crippen LogP contribution in [0.3, 0.4) is 0 Å². The van der Waals surface area contributed by atoms with Crippen molar-refractivity contribution >= 4 is 11.8 Å². The second-order valence-corrected chi connectivity index (χ2v) is 4.35. The van der Waals surface area contributed by atoms with Gasteiger partial charge in [-0.2, -0.15) is 4.99 Å². The SMILES string of the molecule is CC(C)c1ncc(-c2ccccc2)cc1N=C=O. The predicted octanol–water partition coefficient (Wildman–Crippen LogP) is 3.84. The summed E-state index contributed by atoms with van der Waals surface area (Å²) in [5.74, 6) is 0.224. The van der Waals surface area contributed by atoms with E-state index in [1.807, 2.05) is 56.4 Å². The Morgan fingerprint density at radius 1 is 1.17 bits per heavy atom. The van der Waals surface area contributed by atoms with Crippen molar-refractivity contribution in [1.29, 1.82) is 0 Å². The van der Waals surface area contributed by atoms with Crippen molar-refractivity contribution in [2.75, 3.05) is 0 Å². The molecule has 0 bridgehead atoms. The summed E-state index contributed by atoms with van der Waals surface area (Å²) in [6, 6.07) is 11.8. The van der Waals surface area contributed by atoms with Crippen molar-refractivity contribution in [3.8, 4) is 11.1 Å². The molecule has 1 heterocycles. The maximum Gasteiger partial charge on any atom is 0.240 e. The minimum absolute atomic E-state index is 0.224. The average Bonchev–Trinajstić information content (AvgIpc) is 2.40. The van der Waals surface area contributed by atoms with Crippen LogP contribution in [0.5, 0.6) is 0 Å². The standard InChI is InChI=1S/C15H14N2O/c1-11(2)15-14(17-10-18)8-13(9-16-15)12-6-4-3-5-7-12/h3-9,11H,1-2H3. The van der Waals surface area contributed by atoms with Crippen LogP contribution >= 0.6 is 0 Å².